The summed E-state index contributed by atoms with van der Waals surface area (Å²) in [6.45, 7) is 5.04. The van der Waals surface area contributed by atoms with Gasteiger partial charge in [0.15, 0.2) is 0 Å². The molecule has 0 saturated carbocycles. The minimum Gasteiger partial charge on any atom is -0.485 e. The molecule has 1 atom stereocenters. The molecular formula is C14H17BrN2O2. The Morgan fingerprint density at radius 2 is 2.26 bits per heavy atom. The third kappa shape index (κ3) is 3.36. The van der Waals surface area contributed by atoms with E-state index in [0.717, 1.165) is 22.4 Å². The predicted octanol–water partition coefficient (Wildman–Crippen LogP) is 3.30. The van der Waals surface area contributed by atoms with Gasteiger partial charge in [-0.25, -0.2) is 4.98 Å². The van der Waals surface area contributed by atoms with Gasteiger partial charge in [-0.2, -0.15) is 0 Å². The number of benzene rings is 1. The van der Waals surface area contributed by atoms with Crippen LogP contribution in [0.3, 0.4) is 0 Å². The fraction of sp³-hybridized carbons (Fsp3) is 0.357. The van der Waals surface area contributed by atoms with Gasteiger partial charge in [0.05, 0.1) is 6.10 Å². The lowest BCUT2D eigenvalue weighted by Gasteiger charge is -2.14. The second-order valence-corrected chi connectivity index (χ2v) is 5.19. The molecule has 0 saturated heterocycles. The number of imidazole rings is 1. The Hall–Kier alpha value is -1.33. The van der Waals surface area contributed by atoms with Crippen LogP contribution >= 0.6 is 15.9 Å². The Kier molecular flexibility index (Phi) is 4.61. The van der Waals surface area contributed by atoms with Crippen LogP contribution in [-0.2, 0) is 13.2 Å². The van der Waals surface area contributed by atoms with Crippen molar-refractivity contribution in [2.45, 2.75) is 33.1 Å². The standard InChI is InChI=1S/C14H17BrN2O2/c1-3-17-7-6-16-14(17)9-19-13-5-4-11(15)8-12(13)10(2)18/h4-8,10,18H,3,9H2,1-2H3/t10-/m0/s1. The number of ether oxygens (including phenoxy) is 1. The molecule has 0 bridgehead atoms. The maximum atomic E-state index is 9.77. The van der Waals surface area contributed by atoms with Gasteiger partial charge in [-0.3, -0.25) is 0 Å². The summed E-state index contributed by atoms with van der Waals surface area (Å²) >= 11 is 3.39. The molecule has 2 aromatic rings. The van der Waals surface area contributed by atoms with Crippen LogP contribution in [0.2, 0.25) is 0 Å². The highest BCUT2D eigenvalue weighted by Crippen LogP contribution is 2.29. The van der Waals surface area contributed by atoms with Crippen molar-refractivity contribution in [2.24, 2.45) is 0 Å². The molecule has 0 amide bonds. The zero-order valence-corrected chi connectivity index (χ0v) is 12.6. The second-order valence-electron chi connectivity index (χ2n) is 4.28. The minimum atomic E-state index is -0.571. The molecule has 5 heteroatoms. The number of aryl methyl sites for hydroxylation is 1. The third-order valence-corrected chi connectivity index (χ3v) is 3.41. The van der Waals surface area contributed by atoms with Crippen molar-refractivity contribution in [1.82, 2.24) is 9.55 Å². The average Bonchev–Trinajstić information content (AvgIpc) is 2.84. The highest BCUT2D eigenvalue weighted by Gasteiger charge is 2.11. The van der Waals surface area contributed by atoms with E-state index in [1.54, 1.807) is 13.1 Å². The lowest BCUT2D eigenvalue weighted by atomic mass is 10.1. The Bertz CT molecular complexity index is 552. The van der Waals surface area contributed by atoms with Gasteiger partial charge in [0, 0.05) is 29.0 Å². The average molecular weight is 325 g/mol. The van der Waals surface area contributed by atoms with Gasteiger partial charge in [0.25, 0.3) is 0 Å². The van der Waals surface area contributed by atoms with Crippen molar-refractivity contribution in [1.29, 1.82) is 0 Å². The topological polar surface area (TPSA) is 47.3 Å². The number of hydrogen-bond acceptors (Lipinski definition) is 3. The summed E-state index contributed by atoms with van der Waals surface area (Å²) < 4.78 is 8.73. The molecule has 0 aliphatic carbocycles. The van der Waals surface area contributed by atoms with Crippen LogP contribution in [0.4, 0.5) is 0 Å². The fourth-order valence-electron chi connectivity index (χ4n) is 1.89. The summed E-state index contributed by atoms with van der Waals surface area (Å²) in [4.78, 5) is 4.26. The molecule has 0 aliphatic heterocycles. The monoisotopic (exact) mass is 324 g/mol. The highest BCUT2D eigenvalue weighted by atomic mass is 79.9. The molecule has 1 heterocycles. The largest absolute Gasteiger partial charge is 0.485 e. The number of hydrogen-bond donors (Lipinski definition) is 1. The van der Waals surface area contributed by atoms with Crippen LogP contribution in [0.25, 0.3) is 0 Å². The lowest BCUT2D eigenvalue weighted by molar-refractivity contribution is 0.189. The van der Waals surface area contributed by atoms with Crippen LogP contribution in [0.5, 0.6) is 5.75 Å². The predicted molar refractivity (Wildman–Crippen MR) is 77.0 cm³/mol. The maximum absolute atomic E-state index is 9.77. The third-order valence-electron chi connectivity index (χ3n) is 2.92. The number of aliphatic hydroxyl groups excluding tert-OH is 1. The SMILES string of the molecule is CCn1ccnc1COc1ccc(Br)cc1[C@H](C)O. The Labute approximate surface area is 121 Å². The molecule has 1 aromatic heterocycles. The molecule has 1 N–H and O–H groups in total. The van der Waals surface area contributed by atoms with Crippen LogP contribution in [0.15, 0.2) is 35.1 Å². The first kappa shape index (κ1) is 14.1. The Balaban J connectivity index is 2.15. The van der Waals surface area contributed by atoms with E-state index in [9.17, 15) is 5.11 Å². The summed E-state index contributed by atoms with van der Waals surface area (Å²) in [7, 11) is 0. The van der Waals surface area contributed by atoms with Crippen LogP contribution in [-0.4, -0.2) is 14.7 Å². The molecule has 102 valence electrons. The Morgan fingerprint density at radius 3 is 2.95 bits per heavy atom. The zero-order chi connectivity index (χ0) is 13.8. The summed E-state index contributed by atoms with van der Waals surface area (Å²) in [6, 6.07) is 5.62. The molecule has 0 spiro atoms. The van der Waals surface area contributed by atoms with Crippen molar-refractivity contribution in [3.8, 4) is 5.75 Å². The molecule has 4 nitrogen and oxygen atoms in total. The second kappa shape index (κ2) is 6.21. The van der Waals surface area contributed by atoms with Gasteiger partial charge in [-0.15, -0.1) is 0 Å². The first-order valence-electron chi connectivity index (χ1n) is 6.22. The van der Waals surface area contributed by atoms with Crippen molar-refractivity contribution < 1.29 is 9.84 Å². The molecule has 0 fully saturated rings. The summed E-state index contributed by atoms with van der Waals surface area (Å²) in [5.41, 5.74) is 0.768. The first-order chi connectivity index (χ1) is 9.11. The molecular weight excluding hydrogens is 308 g/mol. The van der Waals surface area contributed by atoms with E-state index in [0.29, 0.717) is 12.4 Å². The van der Waals surface area contributed by atoms with Crippen LogP contribution < -0.4 is 4.74 Å². The zero-order valence-electron chi connectivity index (χ0n) is 11.0. The summed E-state index contributed by atoms with van der Waals surface area (Å²) in [5.74, 6) is 1.56. The lowest BCUT2D eigenvalue weighted by Crippen LogP contribution is -2.07. The van der Waals surface area contributed by atoms with E-state index in [4.69, 9.17) is 4.74 Å². The van der Waals surface area contributed by atoms with Crippen molar-refractivity contribution in [3.63, 3.8) is 0 Å². The van der Waals surface area contributed by atoms with Crippen LogP contribution in [0, 0.1) is 0 Å². The quantitative estimate of drug-likeness (QED) is 0.917. The van der Waals surface area contributed by atoms with Crippen molar-refractivity contribution in [3.05, 3.63) is 46.5 Å². The number of aliphatic hydroxyl groups is 1. The minimum absolute atomic E-state index is 0.391. The molecule has 0 aliphatic rings. The molecule has 1 aromatic carbocycles. The highest BCUT2D eigenvalue weighted by molar-refractivity contribution is 9.10. The summed E-state index contributed by atoms with van der Waals surface area (Å²) in [5, 5.41) is 9.77. The van der Waals surface area contributed by atoms with Gasteiger partial charge in [0.1, 0.15) is 18.2 Å². The fourth-order valence-corrected chi connectivity index (χ4v) is 2.27. The Morgan fingerprint density at radius 1 is 1.47 bits per heavy atom. The first-order valence-corrected chi connectivity index (χ1v) is 7.01. The number of rotatable bonds is 5. The molecule has 19 heavy (non-hydrogen) atoms. The van der Waals surface area contributed by atoms with E-state index in [1.165, 1.54) is 0 Å². The van der Waals surface area contributed by atoms with Gasteiger partial charge < -0.3 is 14.4 Å². The van der Waals surface area contributed by atoms with E-state index >= 15 is 0 Å². The van der Waals surface area contributed by atoms with E-state index in [1.807, 2.05) is 29.0 Å². The van der Waals surface area contributed by atoms with E-state index < -0.39 is 6.10 Å². The number of halogens is 1. The number of aromatic nitrogens is 2. The van der Waals surface area contributed by atoms with Crippen LogP contribution in [0.1, 0.15) is 31.3 Å². The summed E-state index contributed by atoms with van der Waals surface area (Å²) in [6.07, 6.45) is 3.12. The van der Waals surface area contributed by atoms with Crippen molar-refractivity contribution in [2.75, 3.05) is 0 Å². The molecule has 0 unspecified atom stereocenters. The number of nitrogens with zero attached hydrogens (tertiary/aromatic N) is 2. The van der Waals surface area contributed by atoms with Gasteiger partial charge in [-0.05, 0) is 32.0 Å². The smallest absolute Gasteiger partial charge is 0.146 e. The van der Waals surface area contributed by atoms with E-state index in [2.05, 4.69) is 27.8 Å². The van der Waals surface area contributed by atoms with Crippen molar-refractivity contribution >= 4 is 15.9 Å². The van der Waals surface area contributed by atoms with E-state index in [-0.39, 0.29) is 0 Å². The van der Waals surface area contributed by atoms with Gasteiger partial charge in [-0.1, -0.05) is 15.9 Å². The van der Waals surface area contributed by atoms with Gasteiger partial charge in [0.2, 0.25) is 0 Å². The normalized spacial score (nSPS) is 12.4. The van der Waals surface area contributed by atoms with Gasteiger partial charge >= 0.3 is 0 Å². The molecule has 0 radical (unpaired) electrons. The maximum Gasteiger partial charge on any atom is 0.146 e. The molecule has 2 rings (SSSR count).